The molecular weight excluding hydrogens is 343 g/mol. The van der Waals surface area contributed by atoms with Crippen molar-refractivity contribution >= 4 is 0 Å². The minimum absolute atomic E-state index is 0.174. The molecule has 0 bridgehead atoms. The molecule has 5 nitrogen and oxygen atoms in total. The van der Waals surface area contributed by atoms with E-state index in [2.05, 4.69) is 15.0 Å². The van der Waals surface area contributed by atoms with Gasteiger partial charge in [-0.1, -0.05) is 41.5 Å². The SMILES string of the molecule is [N-]=[N+]=NCc1nccn1Cc1ccc(-c2ccc(C(F)(F)F)cc2)cc1. The summed E-state index contributed by atoms with van der Waals surface area (Å²) < 4.78 is 39.8. The lowest BCUT2D eigenvalue weighted by atomic mass is 10.0. The largest absolute Gasteiger partial charge is 0.416 e. The smallest absolute Gasteiger partial charge is 0.330 e. The highest BCUT2D eigenvalue weighted by Crippen LogP contribution is 2.31. The quantitative estimate of drug-likeness (QED) is 0.341. The predicted molar refractivity (Wildman–Crippen MR) is 91.1 cm³/mol. The van der Waals surface area contributed by atoms with E-state index in [0.29, 0.717) is 12.4 Å². The maximum Gasteiger partial charge on any atom is 0.416 e. The molecule has 8 heteroatoms. The molecule has 0 fully saturated rings. The van der Waals surface area contributed by atoms with Crippen LogP contribution < -0.4 is 0 Å². The third-order valence-corrected chi connectivity index (χ3v) is 3.93. The zero-order valence-electron chi connectivity index (χ0n) is 13.6. The van der Waals surface area contributed by atoms with Crippen LogP contribution in [0, 0.1) is 0 Å². The minimum Gasteiger partial charge on any atom is -0.330 e. The maximum atomic E-state index is 12.6. The van der Waals surface area contributed by atoms with E-state index in [9.17, 15) is 13.2 Å². The molecule has 0 N–H and O–H groups in total. The second-order valence-electron chi connectivity index (χ2n) is 5.63. The van der Waals surface area contributed by atoms with Gasteiger partial charge in [0.25, 0.3) is 0 Å². The molecule has 0 aliphatic rings. The van der Waals surface area contributed by atoms with Gasteiger partial charge >= 0.3 is 6.18 Å². The molecule has 0 saturated heterocycles. The summed E-state index contributed by atoms with van der Waals surface area (Å²) in [6, 6.07) is 12.6. The van der Waals surface area contributed by atoms with Crippen molar-refractivity contribution in [2.45, 2.75) is 19.3 Å². The van der Waals surface area contributed by atoms with E-state index in [-0.39, 0.29) is 6.54 Å². The third-order valence-electron chi connectivity index (χ3n) is 3.93. The molecule has 0 radical (unpaired) electrons. The number of benzene rings is 2. The summed E-state index contributed by atoms with van der Waals surface area (Å²) in [5, 5.41) is 3.51. The van der Waals surface area contributed by atoms with Crippen LogP contribution >= 0.6 is 0 Å². The van der Waals surface area contributed by atoms with Crippen LogP contribution in [0.4, 0.5) is 13.2 Å². The number of alkyl halides is 3. The van der Waals surface area contributed by atoms with Crippen LogP contribution in [-0.2, 0) is 19.3 Å². The number of aromatic nitrogens is 2. The number of hydrogen-bond donors (Lipinski definition) is 0. The van der Waals surface area contributed by atoms with Crippen molar-refractivity contribution in [1.82, 2.24) is 9.55 Å². The van der Waals surface area contributed by atoms with Crippen LogP contribution in [0.25, 0.3) is 21.6 Å². The van der Waals surface area contributed by atoms with Crippen molar-refractivity contribution in [3.63, 3.8) is 0 Å². The number of halogens is 3. The van der Waals surface area contributed by atoms with Gasteiger partial charge in [0.15, 0.2) is 0 Å². The Morgan fingerprint density at radius 3 is 2.19 bits per heavy atom. The first-order valence-electron chi connectivity index (χ1n) is 7.75. The predicted octanol–water partition coefficient (Wildman–Crippen LogP) is 5.43. The van der Waals surface area contributed by atoms with Crippen LogP contribution in [-0.4, -0.2) is 9.55 Å². The molecule has 0 unspecified atom stereocenters. The van der Waals surface area contributed by atoms with Crippen molar-refractivity contribution < 1.29 is 13.2 Å². The standard InChI is InChI=1S/C18H14F3N5/c19-18(20,21)16-7-5-15(6-8-16)14-3-1-13(2-4-14)12-26-10-9-23-17(26)11-24-25-22/h1-10H,11-12H2. The summed E-state index contributed by atoms with van der Waals surface area (Å²) in [6.45, 7) is 0.733. The van der Waals surface area contributed by atoms with Gasteiger partial charge in [-0.2, -0.15) is 13.2 Å². The van der Waals surface area contributed by atoms with Crippen LogP contribution in [0.3, 0.4) is 0 Å². The third kappa shape index (κ3) is 4.04. The lowest BCUT2D eigenvalue weighted by Gasteiger charge is -2.09. The van der Waals surface area contributed by atoms with Crippen molar-refractivity contribution in [3.8, 4) is 11.1 Å². The van der Waals surface area contributed by atoms with Crippen LogP contribution in [0.1, 0.15) is 17.0 Å². The molecule has 0 aliphatic carbocycles. The maximum absolute atomic E-state index is 12.6. The van der Waals surface area contributed by atoms with Crippen molar-refractivity contribution in [3.05, 3.63) is 88.3 Å². The number of rotatable bonds is 5. The van der Waals surface area contributed by atoms with E-state index in [1.54, 1.807) is 12.4 Å². The number of nitrogens with zero attached hydrogens (tertiary/aromatic N) is 5. The zero-order valence-corrected chi connectivity index (χ0v) is 13.6. The van der Waals surface area contributed by atoms with E-state index >= 15 is 0 Å². The first-order chi connectivity index (χ1) is 12.5. The van der Waals surface area contributed by atoms with Crippen LogP contribution in [0.5, 0.6) is 0 Å². The van der Waals surface area contributed by atoms with Crippen molar-refractivity contribution in [2.24, 2.45) is 5.11 Å². The van der Waals surface area contributed by atoms with Crippen molar-refractivity contribution in [1.29, 1.82) is 0 Å². The lowest BCUT2D eigenvalue weighted by molar-refractivity contribution is -0.137. The molecular formula is C18H14F3N5. The second kappa shape index (κ2) is 7.33. The fourth-order valence-corrected chi connectivity index (χ4v) is 2.58. The van der Waals surface area contributed by atoms with E-state index in [4.69, 9.17) is 5.53 Å². The molecule has 0 saturated carbocycles. The average Bonchev–Trinajstić information content (AvgIpc) is 3.07. The highest BCUT2D eigenvalue weighted by molar-refractivity contribution is 5.64. The zero-order chi connectivity index (χ0) is 18.6. The van der Waals surface area contributed by atoms with E-state index in [0.717, 1.165) is 28.8 Å². The Balaban J connectivity index is 1.75. The number of imidazole rings is 1. The summed E-state index contributed by atoms with van der Waals surface area (Å²) >= 11 is 0. The van der Waals surface area contributed by atoms with E-state index in [1.807, 2.05) is 28.8 Å². The fraction of sp³-hybridized carbons (Fsp3) is 0.167. The Kier molecular flexibility index (Phi) is 4.95. The Hall–Kier alpha value is -3.25. The van der Waals surface area contributed by atoms with Crippen LogP contribution in [0.15, 0.2) is 66.0 Å². The molecule has 0 spiro atoms. The summed E-state index contributed by atoms with van der Waals surface area (Å²) in [5.74, 6) is 0.662. The van der Waals surface area contributed by atoms with E-state index < -0.39 is 11.7 Å². The summed E-state index contributed by atoms with van der Waals surface area (Å²) in [6.07, 6.45) is -0.898. The number of hydrogen-bond acceptors (Lipinski definition) is 2. The molecule has 3 rings (SSSR count). The molecule has 0 aliphatic heterocycles. The van der Waals surface area contributed by atoms with Gasteiger partial charge in [0, 0.05) is 23.9 Å². The minimum atomic E-state index is -4.33. The first kappa shape index (κ1) is 17.6. The number of azide groups is 1. The lowest BCUT2D eigenvalue weighted by Crippen LogP contribution is -2.04. The monoisotopic (exact) mass is 357 g/mol. The van der Waals surface area contributed by atoms with Gasteiger partial charge < -0.3 is 4.57 Å². The summed E-state index contributed by atoms with van der Waals surface area (Å²) in [4.78, 5) is 6.88. The Morgan fingerprint density at radius 1 is 1.00 bits per heavy atom. The molecule has 26 heavy (non-hydrogen) atoms. The van der Waals surface area contributed by atoms with Gasteiger partial charge in [0.05, 0.1) is 12.1 Å². The molecule has 132 valence electrons. The van der Waals surface area contributed by atoms with Gasteiger partial charge in [-0.3, -0.25) is 0 Å². The van der Waals surface area contributed by atoms with Gasteiger partial charge in [0.2, 0.25) is 0 Å². The Bertz CT molecular complexity index is 921. The van der Waals surface area contributed by atoms with Gasteiger partial charge in [-0.15, -0.1) is 0 Å². The summed E-state index contributed by atoms with van der Waals surface area (Å²) in [7, 11) is 0. The molecule has 1 heterocycles. The second-order valence-corrected chi connectivity index (χ2v) is 5.63. The van der Waals surface area contributed by atoms with Crippen molar-refractivity contribution in [2.75, 3.05) is 0 Å². The van der Waals surface area contributed by atoms with E-state index in [1.165, 1.54) is 12.1 Å². The molecule has 0 atom stereocenters. The summed E-state index contributed by atoms with van der Waals surface area (Å²) in [5.41, 5.74) is 10.3. The topological polar surface area (TPSA) is 66.6 Å². The highest BCUT2D eigenvalue weighted by atomic mass is 19.4. The Morgan fingerprint density at radius 2 is 1.62 bits per heavy atom. The van der Waals surface area contributed by atoms with Crippen LogP contribution in [0.2, 0.25) is 0 Å². The van der Waals surface area contributed by atoms with Gasteiger partial charge in [-0.05, 0) is 34.4 Å². The first-order valence-corrected chi connectivity index (χ1v) is 7.75. The average molecular weight is 357 g/mol. The molecule has 3 aromatic rings. The van der Waals surface area contributed by atoms with Gasteiger partial charge in [0.1, 0.15) is 5.82 Å². The molecule has 0 amide bonds. The fourth-order valence-electron chi connectivity index (χ4n) is 2.58. The van der Waals surface area contributed by atoms with Gasteiger partial charge in [-0.25, -0.2) is 4.98 Å². The molecule has 2 aromatic carbocycles. The Labute approximate surface area is 147 Å². The normalized spacial score (nSPS) is 11.2. The molecule has 1 aromatic heterocycles. The highest BCUT2D eigenvalue weighted by Gasteiger charge is 2.29.